The van der Waals surface area contributed by atoms with E-state index in [1.54, 1.807) is 4.90 Å². The zero-order valence-corrected chi connectivity index (χ0v) is 13.0. The Morgan fingerprint density at radius 2 is 1.95 bits per heavy atom. The molecule has 1 saturated heterocycles. The number of nitrogens with two attached hydrogens (primary N) is 1. The average molecular weight is 298 g/mol. The highest BCUT2D eigenvalue weighted by Crippen LogP contribution is 2.29. The molecular weight excluding hydrogens is 274 g/mol. The number of ether oxygens (including phenoxy) is 1. The first-order valence-corrected chi connectivity index (χ1v) is 7.45. The molecule has 1 aromatic carbocycles. The Hall–Kier alpha value is -1.20. The summed E-state index contributed by atoms with van der Waals surface area (Å²) in [6.45, 7) is 7.23. The van der Waals surface area contributed by atoms with Crippen molar-refractivity contribution in [3.8, 4) is 0 Å². The van der Waals surface area contributed by atoms with Gasteiger partial charge in [0.1, 0.15) is 17.3 Å². The second kappa shape index (κ2) is 6.28. The van der Waals surface area contributed by atoms with Gasteiger partial charge in [0.05, 0.1) is 12.2 Å². The van der Waals surface area contributed by atoms with E-state index in [0.717, 1.165) is 6.42 Å². The van der Waals surface area contributed by atoms with Crippen LogP contribution in [0.25, 0.3) is 0 Å². The van der Waals surface area contributed by atoms with Crippen LogP contribution in [0.15, 0.2) is 12.1 Å². The Balaban J connectivity index is 2.24. The van der Waals surface area contributed by atoms with E-state index in [0.29, 0.717) is 31.7 Å². The fourth-order valence-corrected chi connectivity index (χ4v) is 2.69. The fourth-order valence-electron chi connectivity index (χ4n) is 2.69. The molecule has 0 saturated carbocycles. The largest absolute Gasteiger partial charge is 0.372 e. The van der Waals surface area contributed by atoms with Gasteiger partial charge in [-0.15, -0.1) is 0 Å². The molecule has 1 aromatic rings. The highest BCUT2D eigenvalue weighted by molar-refractivity contribution is 5.51. The minimum Gasteiger partial charge on any atom is -0.372 e. The first-order valence-electron chi connectivity index (χ1n) is 7.45. The quantitative estimate of drug-likeness (QED) is 0.929. The maximum Gasteiger partial charge on any atom is 0.149 e. The highest BCUT2D eigenvalue weighted by Gasteiger charge is 2.30. The number of morpholine rings is 1. The molecule has 1 aliphatic heterocycles. The maximum atomic E-state index is 14.3. The van der Waals surface area contributed by atoms with Crippen molar-refractivity contribution in [1.29, 1.82) is 0 Å². The summed E-state index contributed by atoms with van der Waals surface area (Å²) in [5.41, 5.74) is 6.10. The van der Waals surface area contributed by atoms with Gasteiger partial charge in [0.15, 0.2) is 0 Å². The van der Waals surface area contributed by atoms with Gasteiger partial charge in [-0.1, -0.05) is 6.92 Å². The van der Waals surface area contributed by atoms with Crippen LogP contribution in [0.2, 0.25) is 0 Å². The third kappa shape index (κ3) is 3.92. The Kier molecular flexibility index (Phi) is 4.84. The lowest BCUT2D eigenvalue weighted by Gasteiger charge is -2.39. The molecule has 21 heavy (non-hydrogen) atoms. The molecule has 2 N–H and O–H groups in total. The Morgan fingerprint density at radius 3 is 2.48 bits per heavy atom. The van der Waals surface area contributed by atoms with Gasteiger partial charge in [0, 0.05) is 19.1 Å². The number of rotatable bonds is 4. The highest BCUT2D eigenvalue weighted by atomic mass is 19.1. The molecule has 1 fully saturated rings. The molecule has 5 heteroatoms. The molecule has 0 radical (unpaired) electrons. The van der Waals surface area contributed by atoms with Crippen molar-refractivity contribution in [2.24, 2.45) is 5.73 Å². The molecule has 118 valence electrons. The van der Waals surface area contributed by atoms with Crippen molar-refractivity contribution in [1.82, 2.24) is 0 Å². The molecule has 1 heterocycles. The third-order valence-electron chi connectivity index (χ3n) is 3.84. The Bertz CT molecular complexity index is 482. The van der Waals surface area contributed by atoms with Crippen LogP contribution in [0, 0.1) is 11.6 Å². The summed E-state index contributed by atoms with van der Waals surface area (Å²) in [7, 11) is 0. The van der Waals surface area contributed by atoms with E-state index < -0.39 is 17.2 Å². The van der Waals surface area contributed by atoms with Gasteiger partial charge in [-0.05, 0) is 44.4 Å². The molecule has 0 amide bonds. The lowest BCUT2D eigenvalue weighted by Crippen LogP contribution is -2.49. The zero-order chi connectivity index (χ0) is 15.6. The van der Waals surface area contributed by atoms with Crippen LogP contribution in [0.3, 0.4) is 0 Å². The van der Waals surface area contributed by atoms with Crippen molar-refractivity contribution in [3.63, 3.8) is 0 Å². The van der Waals surface area contributed by atoms with E-state index in [1.165, 1.54) is 12.1 Å². The van der Waals surface area contributed by atoms with Crippen molar-refractivity contribution in [3.05, 3.63) is 29.3 Å². The summed E-state index contributed by atoms with van der Waals surface area (Å²) in [5.74, 6) is -1.04. The van der Waals surface area contributed by atoms with Crippen LogP contribution in [-0.2, 0) is 11.2 Å². The van der Waals surface area contributed by atoms with Crippen LogP contribution < -0.4 is 10.6 Å². The molecular formula is C16H24F2N2O. The Morgan fingerprint density at radius 1 is 1.33 bits per heavy atom. The second-order valence-corrected chi connectivity index (χ2v) is 6.31. The summed E-state index contributed by atoms with van der Waals surface area (Å²) in [6, 6.07) is 2.73. The zero-order valence-electron chi connectivity index (χ0n) is 13.0. The van der Waals surface area contributed by atoms with E-state index in [4.69, 9.17) is 10.5 Å². The van der Waals surface area contributed by atoms with Gasteiger partial charge in [-0.2, -0.15) is 0 Å². The molecule has 3 nitrogen and oxygen atoms in total. The predicted octanol–water partition coefficient (Wildman–Crippen LogP) is 2.86. The lowest BCUT2D eigenvalue weighted by molar-refractivity contribution is -0.0280. The van der Waals surface area contributed by atoms with Crippen LogP contribution in [-0.4, -0.2) is 31.3 Å². The standard InChI is InChI=1S/C16H24F2N2O/c1-4-12(19)7-11-8-13(17)15(14(18)9-11)20-5-6-21-16(2,3)10-20/h8-9,12H,4-7,10,19H2,1-3H3. The van der Waals surface area contributed by atoms with E-state index in [2.05, 4.69) is 0 Å². The predicted molar refractivity (Wildman–Crippen MR) is 80.6 cm³/mol. The third-order valence-corrected chi connectivity index (χ3v) is 3.84. The first kappa shape index (κ1) is 16.2. The van der Waals surface area contributed by atoms with Gasteiger partial charge < -0.3 is 15.4 Å². The molecule has 0 aliphatic carbocycles. The molecule has 2 rings (SSSR count). The number of hydrogen-bond acceptors (Lipinski definition) is 3. The van der Waals surface area contributed by atoms with Gasteiger partial charge in [-0.3, -0.25) is 0 Å². The SMILES string of the molecule is CCC(N)Cc1cc(F)c(N2CCOC(C)(C)C2)c(F)c1. The minimum atomic E-state index is -0.522. The summed E-state index contributed by atoms with van der Waals surface area (Å²) in [5, 5.41) is 0. The van der Waals surface area contributed by atoms with Crippen molar-refractivity contribution < 1.29 is 13.5 Å². The average Bonchev–Trinajstić information content (AvgIpc) is 2.36. The molecule has 0 bridgehead atoms. The van der Waals surface area contributed by atoms with Crippen molar-refractivity contribution >= 4 is 5.69 Å². The number of halogens is 2. The normalized spacial score (nSPS) is 19.6. The monoisotopic (exact) mass is 298 g/mol. The number of benzene rings is 1. The Labute approximate surface area is 125 Å². The first-order chi connectivity index (χ1) is 9.82. The van der Waals surface area contributed by atoms with E-state index in [1.807, 2.05) is 20.8 Å². The lowest BCUT2D eigenvalue weighted by atomic mass is 10.0. The topological polar surface area (TPSA) is 38.5 Å². The molecule has 1 atom stereocenters. The van der Waals surface area contributed by atoms with Gasteiger partial charge in [-0.25, -0.2) is 8.78 Å². The van der Waals surface area contributed by atoms with Crippen LogP contribution >= 0.6 is 0 Å². The summed E-state index contributed by atoms with van der Waals surface area (Å²) < 4.78 is 34.3. The van der Waals surface area contributed by atoms with Gasteiger partial charge in [0.25, 0.3) is 0 Å². The smallest absolute Gasteiger partial charge is 0.149 e. The molecule has 0 spiro atoms. The molecule has 1 aliphatic rings. The number of nitrogens with zero attached hydrogens (tertiary/aromatic N) is 1. The summed E-state index contributed by atoms with van der Waals surface area (Å²) in [4.78, 5) is 1.72. The van der Waals surface area contributed by atoms with Gasteiger partial charge >= 0.3 is 0 Å². The van der Waals surface area contributed by atoms with E-state index in [9.17, 15) is 8.78 Å². The van der Waals surface area contributed by atoms with Crippen molar-refractivity contribution in [2.45, 2.75) is 45.3 Å². The van der Waals surface area contributed by atoms with E-state index in [-0.39, 0.29) is 11.7 Å². The second-order valence-electron chi connectivity index (χ2n) is 6.31. The number of anilines is 1. The minimum absolute atomic E-state index is 0.0418. The fraction of sp³-hybridized carbons (Fsp3) is 0.625. The number of hydrogen-bond donors (Lipinski definition) is 1. The molecule has 1 unspecified atom stereocenters. The molecule has 0 aromatic heterocycles. The van der Waals surface area contributed by atoms with Gasteiger partial charge in [0.2, 0.25) is 0 Å². The maximum absolute atomic E-state index is 14.3. The van der Waals surface area contributed by atoms with Crippen LogP contribution in [0.1, 0.15) is 32.8 Å². The summed E-state index contributed by atoms with van der Waals surface area (Å²) >= 11 is 0. The van der Waals surface area contributed by atoms with Crippen LogP contribution in [0.4, 0.5) is 14.5 Å². The summed E-state index contributed by atoms with van der Waals surface area (Å²) in [6.07, 6.45) is 1.27. The van der Waals surface area contributed by atoms with Crippen LogP contribution in [0.5, 0.6) is 0 Å². The van der Waals surface area contributed by atoms with Crippen molar-refractivity contribution in [2.75, 3.05) is 24.6 Å². The van der Waals surface area contributed by atoms with E-state index >= 15 is 0 Å².